The molecule has 0 spiro atoms. The van der Waals surface area contributed by atoms with Gasteiger partial charge in [-0.15, -0.1) is 10.2 Å². The first kappa shape index (κ1) is 21.8. The van der Waals surface area contributed by atoms with Gasteiger partial charge in [-0.2, -0.15) is 5.10 Å². The quantitative estimate of drug-likeness (QED) is 0.279. The summed E-state index contributed by atoms with van der Waals surface area (Å²) < 4.78 is 14.5. The topological polar surface area (TPSA) is 67.2 Å². The Labute approximate surface area is 185 Å². The Bertz CT molecular complexity index is 993. The number of hydrogen-bond donors (Lipinski definition) is 1. The van der Waals surface area contributed by atoms with E-state index in [-0.39, 0.29) is 17.5 Å². The number of rotatable bonds is 8. The average molecular weight is 467 g/mol. The van der Waals surface area contributed by atoms with Gasteiger partial charge < -0.3 is 0 Å². The fourth-order valence-electron chi connectivity index (χ4n) is 2.10. The lowest BCUT2D eigenvalue weighted by molar-refractivity contribution is -0.118. The van der Waals surface area contributed by atoms with Crippen molar-refractivity contribution >= 4 is 58.1 Å². The van der Waals surface area contributed by atoms with Gasteiger partial charge in [-0.3, -0.25) is 4.79 Å². The van der Waals surface area contributed by atoms with Crippen molar-refractivity contribution in [1.29, 1.82) is 0 Å². The molecule has 0 saturated heterocycles. The first-order valence-corrected chi connectivity index (χ1v) is 11.6. The predicted octanol–water partition coefficient (Wildman–Crippen LogP) is 5.26. The standard InChI is InChI=1S/C19H16ClFN4OS3/c1-12(14-4-8-16(21)9-5-14)22-23-17(26)11-28-19-25-24-18(29-19)27-10-13-2-6-15(20)7-3-13/h2-9H,10-11H2,1H3,(H,23,26). The maximum absolute atomic E-state index is 12.9. The highest BCUT2D eigenvalue weighted by Gasteiger charge is 2.09. The maximum atomic E-state index is 12.9. The van der Waals surface area contributed by atoms with Crippen molar-refractivity contribution < 1.29 is 9.18 Å². The third-order valence-electron chi connectivity index (χ3n) is 3.60. The minimum Gasteiger partial charge on any atom is -0.272 e. The van der Waals surface area contributed by atoms with Gasteiger partial charge in [0.2, 0.25) is 0 Å². The number of nitrogens with zero attached hydrogens (tertiary/aromatic N) is 3. The maximum Gasteiger partial charge on any atom is 0.250 e. The lowest BCUT2D eigenvalue weighted by atomic mass is 10.1. The molecule has 3 aromatic rings. The van der Waals surface area contributed by atoms with Crippen LogP contribution in [0.5, 0.6) is 0 Å². The van der Waals surface area contributed by atoms with Crippen LogP contribution in [-0.4, -0.2) is 27.6 Å². The molecule has 0 aliphatic carbocycles. The summed E-state index contributed by atoms with van der Waals surface area (Å²) in [6, 6.07) is 13.6. The van der Waals surface area contributed by atoms with Crippen LogP contribution in [0.3, 0.4) is 0 Å². The van der Waals surface area contributed by atoms with E-state index in [9.17, 15) is 9.18 Å². The molecule has 10 heteroatoms. The Morgan fingerprint density at radius 3 is 2.45 bits per heavy atom. The van der Waals surface area contributed by atoms with Crippen molar-refractivity contribution in [3.05, 3.63) is 70.5 Å². The van der Waals surface area contributed by atoms with Crippen molar-refractivity contribution in [3.8, 4) is 0 Å². The van der Waals surface area contributed by atoms with Crippen molar-refractivity contribution in [2.24, 2.45) is 5.10 Å². The van der Waals surface area contributed by atoms with Crippen LogP contribution in [0.15, 0.2) is 62.3 Å². The second kappa shape index (κ2) is 10.7. The minimum atomic E-state index is -0.315. The number of benzene rings is 2. The molecule has 0 fully saturated rings. The zero-order chi connectivity index (χ0) is 20.6. The molecule has 2 aromatic carbocycles. The van der Waals surface area contributed by atoms with Crippen LogP contribution in [-0.2, 0) is 10.5 Å². The zero-order valence-corrected chi connectivity index (χ0v) is 18.5. The van der Waals surface area contributed by atoms with Gasteiger partial charge in [-0.25, -0.2) is 9.82 Å². The van der Waals surface area contributed by atoms with E-state index < -0.39 is 0 Å². The van der Waals surface area contributed by atoms with Gasteiger partial charge in [-0.1, -0.05) is 70.7 Å². The summed E-state index contributed by atoms with van der Waals surface area (Å²) in [6.07, 6.45) is 0. The first-order valence-electron chi connectivity index (χ1n) is 8.42. The molecule has 150 valence electrons. The molecule has 29 heavy (non-hydrogen) atoms. The third kappa shape index (κ3) is 7.11. The molecule has 5 nitrogen and oxygen atoms in total. The van der Waals surface area contributed by atoms with E-state index in [1.165, 1.54) is 35.2 Å². The fourth-order valence-corrected chi connectivity index (χ4v) is 5.00. The number of hydrazone groups is 1. The summed E-state index contributed by atoms with van der Waals surface area (Å²) in [4.78, 5) is 12.0. The molecule has 3 rings (SSSR count). The summed E-state index contributed by atoms with van der Waals surface area (Å²) in [7, 11) is 0. The molecule has 1 aromatic heterocycles. The van der Waals surface area contributed by atoms with E-state index in [0.717, 1.165) is 25.6 Å². The van der Waals surface area contributed by atoms with Crippen LogP contribution in [0.1, 0.15) is 18.1 Å². The van der Waals surface area contributed by atoms with Gasteiger partial charge in [0.15, 0.2) is 8.68 Å². The lowest BCUT2D eigenvalue weighted by Gasteiger charge is -2.02. The van der Waals surface area contributed by atoms with Crippen LogP contribution >= 0.6 is 46.5 Å². The van der Waals surface area contributed by atoms with Crippen molar-refractivity contribution in [1.82, 2.24) is 15.6 Å². The Balaban J connectivity index is 1.43. The molecule has 0 unspecified atom stereocenters. The summed E-state index contributed by atoms with van der Waals surface area (Å²) in [5, 5.41) is 13.0. The Hall–Kier alpha value is -1.94. The minimum absolute atomic E-state index is 0.177. The fraction of sp³-hybridized carbons (Fsp3) is 0.158. The number of aromatic nitrogens is 2. The van der Waals surface area contributed by atoms with E-state index in [4.69, 9.17) is 11.6 Å². The van der Waals surface area contributed by atoms with Crippen molar-refractivity contribution in [3.63, 3.8) is 0 Å². The molecule has 0 aliphatic heterocycles. The lowest BCUT2D eigenvalue weighted by Crippen LogP contribution is -2.21. The molecule has 1 heterocycles. The first-order chi connectivity index (χ1) is 14.0. The van der Waals surface area contributed by atoms with Gasteiger partial charge >= 0.3 is 0 Å². The zero-order valence-electron chi connectivity index (χ0n) is 15.3. The SMILES string of the molecule is CC(=NNC(=O)CSc1nnc(SCc2ccc(Cl)cc2)s1)c1ccc(F)cc1. The monoisotopic (exact) mass is 466 g/mol. The molecular weight excluding hydrogens is 451 g/mol. The van der Waals surface area contributed by atoms with Crippen molar-refractivity contribution in [2.45, 2.75) is 21.4 Å². The van der Waals surface area contributed by atoms with Gasteiger partial charge in [0.1, 0.15) is 5.82 Å². The second-order valence-corrected chi connectivity index (χ2v) is 9.64. The number of amides is 1. The van der Waals surface area contributed by atoms with E-state index in [2.05, 4.69) is 20.7 Å². The molecule has 1 amide bonds. The highest BCUT2D eigenvalue weighted by molar-refractivity contribution is 8.03. The second-order valence-electron chi connectivity index (χ2n) is 5.78. The van der Waals surface area contributed by atoms with Gasteiger partial charge in [0, 0.05) is 10.8 Å². The number of nitrogens with one attached hydrogen (secondary N) is 1. The normalized spacial score (nSPS) is 11.5. The Kier molecular flexibility index (Phi) is 8.05. The number of carbonyl (C=O) groups is 1. The summed E-state index contributed by atoms with van der Waals surface area (Å²) in [5.41, 5.74) is 4.99. The largest absolute Gasteiger partial charge is 0.272 e. The van der Waals surface area contributed by atoms with Gasteiger partial charge in [0.25, 0.3) is 5.91 Å². The molecular formula is C19H16ClFN4OS3. The molecule has 0 saturated carbocycles. The van der Waals surface area contributed by atoms with E-state index in [0.29, 0.717) is 10.7 Å². The number of carbonyl (C=O) groups excluding carboxylic acids is 1. The summed E-state index contributed by atoms with van der Waals surface area (Å²) >= 11 is 10.2. The van der Waals surface area contributed by atoms with Gasteiger partial charge in [-0.05, 0) is 42.3 Å². The summed E-state index contributed by atoms with van der Waals surface area (Å²) in [6.45, 7) is 1.75. The third-order valence-corrected chi connectivity index (χ3v) is 7.11. The average Bonchev–Trinajstić information content (AvgIpc) is 3.18. The number of thioether (sulfide) groups is 2. The Morgan fingerprint density at radius 2 is 1.76 bits per heavy atom. The smallest absolute Gasteiger partial charge is 0.250 e. The van der Waals surface area contributed by atoms with E-state index >= 15 is 0 Å². The van der Waals surface area contributed by atoms with Gasteiger partial charge in [0.05, 0.1) is 11.5 Å². The molecule has 0 bridgehead atoms. The van der Waals surface area contributed by atoms with Crippen LogP contribution in [0.2, 0.25) is 5.02 Å². The highest BCUT2D eigenvalue weighted by atomic mass is 35.5. The number of hydrogen-bond acceptors (Lipinski definition) is 7. The van der Waals surface area contributed by atoms with Crippen LogP contribution in [0.4, 0.5) is 4.39 Å². The van der Waals surface area contributed by atoms with Crippen LogP contribution < -0.4 is 5.43 Å². The van der Waals surface area contributed by atoms with Crippen LogP contribution in [0, 0.1) is 5.82 Å². The van der Waals surface area contributed by atoms with E-state index in [1.807, 2.05) is 24.3 Å². The summed E-state index contributed by atoms with van der Waals surface area (Å²) in [5.74, 6) is 0.386. The predicted molar refractivity (Wildman–Crippen MR) is 118 cm³/mol. The number of halogens is 2. The van der Waals surface area contributed by atoms with Crippen LogP contribution in [0.25, 0.3) is 0 Å². The molecule has 0 atom stereocenters. The molecule has 0 aliphatic rings. The molecule has 1 N–H and O–H groups in total. The Morgan fingerprint density at radius 1 is 1.10 bits per heavy atom. The van der Waals surface area contributed by atoms with Crippen molar-refractivity contribution in [2.75, 3.05) is 5.75 Å². The van der Waals surface area contributed by atoms with E-state index in [1.54, 1.807) is 30.8 Å². The highest BCUT2D eigenvalue weighted by Crippen LogP contribution is 2.30. The molecule has 0 radical (unpaired) electrons.